The van der Waals surface area contributed by atoms with E-state index in [0.29, 0.717) is 19.3 Å². The van der Waals surface area contributed by atoms with Crippen molar-refractivity contribution in [1.29, 1.82) is 0 Å². The molecule has 422 valence electrons. The number of aryl methyl sites for hydroxylation is 1. The van der Waals surface area contributed by atoms with E-state index in [1.807, 2.05) is 124 Å². The second-order valence-corrected chi connectivity index (χ2v) is 23.9. The van der Waals surface area contributed by atoms with Gasteiger partial charge in [0.25, 0.3) is 0 Å². The second-order valence-electron chi connectivity index (χ2n) is 23.9. The molecule has 4 aromatic rings. The van der Waals surface area contributed by atoms with Gasteiger partial charge in [0, 0.05) is 39.7 Å². The number of fused-ring (bicyclic) bond motifs is 2. The number of likely N-dealkylation sites (N-methyl/N-ethyl adjacent to an activating group) is 1. The Balaban J connectivity index is 1.07. The van der Waals surface area contributed by atoms with Crippen LogP contribution in [0.2, 0.25) is 0 Å². The van der Waals surface area contributed by atoms with E-state index in [-0.39, 0.29) is 69.5 Å². The van der Waals surface area contributed by atoms with Crippen LogP contribution < -0.4 is 16.0 Å². The summed E-state index contributed by atoms with van der Waals surface area (Å²) in [5, 5.41) is 9.43. The Morgan fingerprint density at radius 2 is 1.41 bits per heavy atom. The van der Waals surface area contributed by atoms with Crippen molar-refractivity contribution in [3.8, 4) is 0 Å². The van der Waals surface area contributed by atoms with Gasteiger partial charge in [0.15, 0.2) is 0 Å². The van der Waals surface area contributed by atoms with E-state index in [4.69, 9.17) is 14.2 Å². The maximum Gasteiger partial charge on any atom is 0.411 e. The molecule has 4 aromatic carbocycles. The highest BCUT2D eigenvalue weighted by molar-refractivity contribution is 5.95. The second kappa shape index (κ2) is 24.4. The molecule has 17 heteroatoms. The minimum atomic E-state index is -1.15. The number of benzene rings is 4. The van der Waals surface area contributed by atoms with Crippen molar-refractivity contribution in [2.45, 2.75) is 154 Å². The first-order chi connectivity index (χ1) is 37.6. The Kier molecular flexibility index (Phi) is 17.9. The van der Waals surface area contributed by atoms with Gasteiger partial charge < -0.3 is 40.0 Å². The van der Waals surface area contributed by atoms with Gasteiger partial charge in [-0.1, -0.05) is 130 Å². The number of hydrogen-bond acceptors (Lipinski definition) is 10. The third-order valence-corrected chi connectivity index (χ3v) is 15.9. The van der Waals surface area contributed by atoms with Crippen molar-refractivity contribution >= 4 is 41.7 Å². The minimum Gasteiger partial charge on any atom is -0.445 e. The van der Waals surface area contributed by atoms with Gasteiger partial charge in [0.1, 0.15) is 36.4 Å². The quantitative estimate of drug-likeness (QED) is 0.0939. The lowest BCUT2D eigenvalue weighted by molar-refractivity contribution is -0.144. The highest BCUT2D eigenvalue weighted by atomic mass is 16.6. The SMILES string of the molecule is COC[C@H](c1ccccc1)N(CC1(C(=O)N[C@H]2C[C@@H](C(=O)N[C@@H]3CCCc4ccccc43)N(C(=O)[C@@H](NC(=O)[C@H](C)N(C)C(=O)OC(C)(C)C)C(C)(C)C)C2)CC1)C(=O)[C@@H]1Cc2ccccc2CN1C(=O)OCc1ccccc1. The number of nitrogens with one attached hydrogen (secondary N) is 3. The molecule has 2 heterocycles. The number of likely N-dealkylation sites (tertiary alicyclic amines) is 1. The third kappa shape index (κ3) is 13.8. The van der Waals surface area contributed by atoms with Gasteiger partial charge in [0.05, 0.1) is 30.7 Å². The van der Waals surface area contributed by atoms with Gasteiger partial charge in [-0.05, 0) is 105 Å². The van der Waals surface area contributed by atoms with Crippen molar-refractivity contribution in [2.75, 3.05) is 33.9 Å². The monoisotopic (exact) mass is 1080 g/mol. The van der Waals surface area contributed by atoms with E-state index in [9.17, 15) is 19.2 Å². The molecule has 4 aliphatic rings. The van der Waals surface area contributed by atoms with Crippen LogP contribution in [0.25, 0.3) is 0 Å². The van der Waals surface area contributed by atoms with Gasteiger partial charge in [-0.3, -0.25) is 33.8 Å². The molecule has 7 amide bonds. The molecule has 1 saturated heterocycles. The Morgan fingerprint density at radius 3 is 2.05 bits per heavy atom. The molecule has 2 aliphatic carbocycles. The summed E-state index contributed by atoms with van der Waals surface area (Å²) in [6.07, 6.45) is 2.31. The molecule has 0 radical (unpaired) electrons. The van der Waals surface area contributed by atoms with E-state index in [1.54, 1.807) is 39.7 Å². The summed E-state index contributed by atoms with van der Waals surface area (Å²) in [6, 6.07) is 28.7. The number of ether oxygens (including phenoxy) is 3. The molecule has 0 aromatic heterocycles. The lowest BCUT2D eigenvalue weighted by atomic mass is 9.85. The normalized spacial score (nSPS) is 20.5. The van der Waals surface area contributed by atoms with Crippen molar-refractivity contribution in [1.82, 2.24) is 35.6 Å². The number of carbonyl (C=O) groups excluding carboxylic acids is 7. The van der Waals surface area contributed by atoms with Crippen molar-refractivity contribution in [3.63, 3.8) is 0 Å². The molecule has 0 spiro atoms. The molecule has 17 nitrogen and oxygen atoms in total. The first-order valence-corrected chi connectivity index (χ1v) is 27.7. The Morgan fingerprint density at radius 1 is 0.772 bits per heavy atom. The van der Waals surface area contributed by atoms with Crippen LogP contribution in [0.4, 0.5) is 9.59 Å². The van der Waals surface area contributed by atoms with Crippen LogP contribution >= 0.6 is 0 Å². The van der Waals surface area contributed by atoms with Crippen LogP contribution in [-0.2, 0) is 64.2 Å². The maximum atomic E-state index is 15.7. The van der Waals surface area contributed by atoms with Crippen LogP contribution in [0.3, 0.4) is 0 Å². The first kappa shape index (κ1) is 57.9. The van der Waals surface area contributed by atoms with Gasteiger partial charge >= 0.3 is 12.2 Å². The zero-order chi connectivity index (χ0) is 56.8. The number of hydrogen-bond donors (Lipinski definition) is 3. The fourth-order valence-corrected chi connectivity index (χ4v) is 11.1. The molecule has 8 rings (SSSR count). The Hall–Kier alpha value is -7.27. The largest absolute Gasteiger partial charge is 0.445 e. The van der Waals surface area contributed by atoms with E-state index in [1.165, 1.54) is 21.7 Å². The molecule has 3 N–H and O–H groups in total. The lowest BCUT2D eigenvalue weighted by Crippen LogP contribution is -2.60. The zero-order valence-electron chi connectivity index (χ0n) is 47.3. The Bertz CT molecular complexity index is 2850. The van der Waals surface area contributed by atoms with Gasteiger partial charge in [-0.2, -0.15) is 0 Å². The van der Waals surface area contributed by atoms with Gasteiger partial charge in [-0.15, -0.1) is 0 Å². The summed E-state index contributed by atoms with van der Waals surface area (Å²) in [5.41, 5.74) is 2.84. The van der Waals surface area contributed by atoms with Crippen LogP contribution in [-0.4, -0.2) is 131 Å². The Labute approximate surface area is 465 Å². The number of carbonyl (C=O) groups is 7. The van der Waals surface area contributed by atoms with E-state index in [0.717, 1.165) is 46.2 Å². The van der Waals surface area contributed by atoms with Crippen LogP contribution in [0.5, 0.6) is 0 Å². The summed E-state index contributed by atoms with van der Waals surface area (Å²) < 4.78 is 17.3. The predicted octanol–water partition coefficient (Wildman–Crippen LogP) is 7.81. The first-order valence-electron chi connectivity index (χ1n) is 27.7. The highest BCUT2D eigenvalue weighted by Crippen LogP contribution is 2.48. The van der Waals surface area contributed by atoms with E-state index >= 15 is 14.4 Å². The summed E-state index contributed by atoms with van der Waals surface area (Å²) >= 11 is 0. The molecule has 1 saturated carbocycles. The van der Waals surface area contributed by atoms with Crippen LogP contribution in [0.15, 0.2) is 109 Å². The summed E-state index contributed by atoms with van der Waals surface area (Å²) in [5.74, 6) is -2.18. The lowest BCUT2D eigenvalue weighted by Gasteiger charge is -2.41. The average molecular weight is 1080 g/mol. The molecule has 79 heavy (non-hydrogen) atoms. The average Bonchev–Trinajstić information content (AvgIpc) is 4.34. The van der Waals surface area contributed by atoms with E-state index in [2.05, 4.69) is 22.0 Å². The summed E-state index contributed by atoms with van der Waals surface area (Å²) in [4.78, 5) is 108. The van der Waals surface area contributed by atoms with Crippen LogP contribution in [0, 0.1) is 10.8 Å². The van der Waals surface area contributed by atoms with Crippen molar-refractivity contribution in [2.24, 2.45) is 10.8 Å². The molecule has 0 unspecified atom stereocenters. The zero-order valence-corrected chi connectivity index (χ0v) is 47.3. The maximum absolute atomic E-state index is 15.7. The molecule has 0 bridgehead atoms. The number of methoxy groups -OCH3 is 1. The number of amides is 7. The molecule has 2 fully saturated rings. The highest BCUT2D eigenvalue weighted by Gasteiger charge is 2.55. The standard InChI is InChI=1S/C62H79N7O10/c1-40(66(8)58(75)79-61(5,6)7)53(70)65-52(60(2,3)4)56(73)67-36-46(34-49(67)54(71)64-48-30-20-28-42-23-18-19-29-47(42)48)63-57(74)62(31-32-62)39-69(51(38-77-9)43-24-14-11-15-25-43)55(72)50-33-44-26-16-17-27-45(44)35-68(50)59(76)78-37-41-21-12-10-13-22-41/h10-19,21-27,29,40,46,48-52H,20,28,30-39H2,1-9H3,(H,63,74)(H,64,71)(H,65,70)/t40-,46-,48+,49-,50-,51+,52+/m0/s1. The molecule has 7 atom stereocenters. The topological polar surface area (TPSA) is 196 Å². The third-order valence-electron chi connectivity index (χ3n) is 15.9. The minimum absolute atomic E-state index is 0.0138. The number of nitrogens with zero attached hydrogens (tertiary/aromatic N) is 4. The fourth-order valence-electron chi connectivity index (χ4n) is 11.1. The van der Waals surface area contributed by atoms with Crippen LogP contribution in [0.1, 0.15) is 126 Å². The summed E-state index contributed by atoms with van der Waals surface area (Å²) in [7, 11) is 3.02. The fraction of sp³-hybridized carbons (Fsp3) is 0.500. The molecular formula is C62H79N7O10. The molecule has 2 aliphatic heterocycles. The van der Waals surface area contributed by atoms with E-state index < -0.39 is 76.7 Å². The predicted molar refractivity (Wildman–Crippen MR) is 298 cm³/mol. The summed E-state index contributed by atoms with van der Waals surface area (Å²) in [6.45, 7) is 12.4. The number of rotatable bonds is 17. The van der Waals surface area contributed by atoms with Crippen molar-refractivity contribution < 1.29 is 47.8 Å². The molecular weight excluding hydrogens is 1000 g/mol. The van der Waals surface area contributed by atoms with Gasteiger partial charge in [-0.25, -0.2) is 9.59 Å². The van der Waals surface area contributed by atoms with Crippen molar-refractivity contribution in [3.05, 3.63) is 143 Å². The smallest absolute Gasteiger partial charge is 0.411 e. The van der Waals surface area contributed by atoms with Gasteiger partial charge in [0.2, 0.25) is 29.5 Å².